The third-order valence-corrected chi connectivity index (χ3v) is 3.69. The van der Waals surface area contributed by atoms with Crippen molar-refractivity contribution in [2.75, 3.05) is 6.61 Å². The van der Waals surface area contributed by atoms with Gasteiger partial charge in [-0.05, 0) is 30.5 Å². The smallest absolute Gasteiger partial charge is 0.355 e. The molecule has 1 aromatic heterocycles. The highest BCUT2D eigenvalue weighted by molar-refractivity contribution is 6.30. The first-order valence-electron chi connectivity index (χ1n) is 7.39. The number of rotatable bonds is 6. The van der Waals surface area contributed by atoms with Crippen LogP contribution in [0.5, 0.6) is 0 Å². The van der Waals surface area contributed by atoms with Crippen LogP contribution in [0.25, 0.3) is 0 Å². The van der Waals surface area contributed by atoms with E-state index in [2.05, 4.69) is 17.2 Å². The minimum Gasteiger partial charge on any atom is -0.451 e. The molecule has 0 aliphatic rings. The summed E-state index contributed by atoms with van der Waals surface area (Å²) in [7, 11) is 0. The monoisotopic (exact) mass is 334 g/mol. The topological polar surface area (TPSA) is 71.2 Å². The van der Waals surface area contributed by atoms with Crippen molar-refractivity contribution in [1.82, 2.24) is 10.3 Å². The summed E-state index contributed by atoms with van der Waals surface area (Å²) in [5, 5.41) is 3.20. The van der Waals surface area contributed by atoms with Crippen molar-refractivity contribution in [3.63, 3.8) is 0 Å². The summed E-state index contributed by atoms with van der Waals surface area (Å²) in [5.41, 5.74) is 2.45. The van der Waals surface area contributed by atoms with Crippen LogP contribution in [0.2, 0.25) is 5.02 Å². The van der Waals surface area contributed by atoms with Crippen molar-refractivity contribution in [3.05, 3.63) is 58.4 Å². The second-order valence-corrected chi connectivity index (χ2v) is 5.63. The molecule has 23 heavy (non-hydrogen) atoms. The second-order valence-electron chi connectivity index (χ2n) is 5.19. The van der Waals surface area contributed by atoms with Crippen molar-refractivity contribution in [3.8, 4) is 0 Å². The number of H-pyrrole nitrogens is 1. The van der Waals surface area contributed by atoms with Crippen LogP contribution in [0, 0.1) is 0 Å². The SMILES string of the molecule is CCc1ccc(C(C)NC(=O)COC(=O)c2cc(Cl)c[nH]2)cc1. The summed E-state index contributed by atoms with van der Waals surface area (Å²) in [4.78, 5) is 26.2. The zero-order valence-electron chi connectivity index (χ0n) is 13.1. The lowest BCUT2D eigenvalue weighted by molar-refractivity contribution is -0.124. The Morgan fingerprint density at radius 3 is 2.57 bits per heavy atom. The summed E-state index contributed by atoms with van der Waals surface area (Å²) >= 11 is 5.71. The number of halogens is 1. The average molecular weight is 335 g/mol. The van der Waals surface area contributed by atoms with Gasteiger partial charge in [0.25, 0.3) is 5.91 Å². The lowest BCUT2D eigenvalue weighted by atomic mass is 10.1. The van der Waals surface area contributed by atoms with Crippen LogP contribution in [0.4, 0.5) is 0 Å². The molecule has 0 saturated heterocycles. The van der Waals surface area contributed by atoms with Gasteiger partial charge in [0, 0.05) is 6.20 Å². The molecule has 2 aromatic rings. The summed E-state index contributed by atoms with van der Waals surface area (Å²) in [5.74, 6) is -0.977. The number of carbonyl (C=O) groups is 2. The predicted octanol–water partition coefficient (Wildman–Crippen LogP) is 3.26. The maximum atomic E-state index is 11.9. The van der Waals surface area contributed by atoms with Gasteiger partial charge in [-0.15, -0.1) is 0 Å². The number of benzene rings is 1. The maximum absolute atomic E-state index is 11.9. The Labute approximate surface area is 140 Å². The lowest BCUT2D eigenvalue weighted by Crippen LogP contribution is -2.31. The van der Waals surface area contributed by atoms with Gasteiger partial charge in [-0.1, -0.05) is 42.8 Å². The van der Waals surface area contributed by atoms with E-state index in [0.29, 0.717) is 5.02 Å². The summed E-state index contributed by atoms with van der Waals surface area (Å²) in [6.07, 6.45) is 2.44. The molecular weight excluding hydrogens is 316 g/mol. The molecule has 1 aromatic carbocycles. The first-order valence-corrected chi connectivity index (χ1v) is 7.76. The van der Waals surface area contributed by atoms with Gasteiger partial charge in [0.05, 0.1) is 11.1 Å². The van der Waals surface area contributed by atoms with Crippen LogP contribution in [-0.2, 0) is 16.0 Å². The molecule has 0 aliphatic heterocycles. The summed E-state index contributed by atoms with van der Waals surface area (Å²) in [6.45, 7) is 3.63. The second kappa shape index (κ2) is 7.83. The molecule has 1 unspecified atom stereocenters. The van der Waals surface area contributed by atoms with Crippen LogP contribution in [0.3, 0.4) is 0 Å². The molecule has 5 nitrogen and oxygen atoms in total. The molecule has 0 fully saturated rings. The van der Waals surface area contributed by atoms with Crippen molar-refractivity contribution < 1.29 is 14.3 Å². The van der Waals surface area contributed by atoms with Crippen LogP contribution < -0.4 is 5.32 Å². The van der Waals surface area contributed by atoms with E-state index in [9.17, 15) is 9.59 Å². The molecule has 0 saturated carbocycles. The normalized spacial score (nSPS) is 11.8. The number of aromatic amines is 1. The highest BCUT2D eigenvalue weighted by atomic mass is 35.5. The minimum atomic E-state index is -0.619. The first-order chi connectivity index (χ1) is 11.0. The fourth-order valence-corrected chi connectivity index (χ4v) is 2.27. The van der Waals surface area contributed by atoms with Crippen LogP contribution in [0.1, 0.15) is 41.5 Å². The van der Waals surface area contributed by atoms with Gasteiger partial charge in [-0.3, -0.25) is 4.79 Å². The number of amides is 1. The Hall–Kier alpha value is -2.27. The third kappa shape index (κ3) is 4.86. The van der Waals surface area contributed by atoms with Crippen molar-refractivity contribution in [2.45, 2.75) is 26.3 Å². The molecule has 1 atom stereocenters. The molecule has 2 rings (SSSR count). The Bertz CT molecular complexity index is 679. The third-order valence-electron chi connectivity index (χ3n) is 3.47. The Morgan fingerprint density at radius 1 is 1.30 bits per heavy atom. The Morgan fingerprint density at radius 2 is 2.00 bits per heavy atom. The minimum absolute atomic E-state index is 0.160. The van der Waals surface area contributed by atoms with Gasteiger partial charge in [0.2, 0.25) is 0 Å². The van der Waals surface area contributed by atoms with Crippen LogP contribution in [0.15, 0.2) is 36.5 Å². The van der Waals surface area contributed by atoms with Crippen molar-refractivity contribution >= 4 is 23.5 Å². The molecule has 0 spiro atoms. The maximum Gasteiger partial charge on any atom is 0.355 e. The van der Waals surface area contributed by atoms with Crippen molar-refractivity contribution in [1.29, 1.82) is 0 Å². The van der Waals surface area contributed by atoms with E-state index < -0.39 is 5.97 Å². The summed E-state index contributed by atoms with van der Waals surface area (Å²) in [6, 6.07) is 9.32. The zero-order valence-corrected chi connectivity index (χ0v) is 13.8. The molecule has 0 radical (unpaired) electrons. The van der Waals surface area contributed by atoms with Gasteiger partial charge in [-0.25, -0.2) is 4.79 Å². The van der Waals surface area contributed by atoms with E-state index in [0.717, 1.165) is 12.0 Å². The van der Waals surface area contributed by atoms with E-state index in [1.807, 2.05) is 31.2 Å². The molecule has 1 amide bonds. The Kier molecular flexibility index (Phi) is 5.82. The van der Waals surface area contributed by atoms with E-state index in [1.54, 1.807) is 0 Å². The first kappa shape index (κ1) is 17.1. The van der Waals surface area contributed by atoms with E-state index in [1.165, 1.54) is 17.8 Å². The van der Waals surface area contributed by atoms with Crippen LogP contribution >= 0.6 is 11.6 Å². The highest BCUT2D eigenvalue weighted by Gasteiger charge is 2.14. The van der Waals surface area contributed by atoms with E-state index >= 15 is 0 Å². The molecule has 6 heteroatoms. The van der Waals surface area contributed by atoms with E-state index in [4.69, 9.17) is 16.3 Å². The number of ether oxygens (including phenoxy) is 1. The zero-order chi connectivity index (χ0) is 16.8. The fraction of sp³-hybridized carbons (Fsp3) is 0.294. The molecule has 0 aliphatic carbocycles. The van der Waals surface area contributed by atoms with Crippen molar-refractivity contribution in [2.24, 2.45) is 0 Å². The van der Waals surface area contributed by atoms with Gasteiger partial charge >= 0.3 is 5.97 Å². The predicted molar refractivity (Wildman–Crippen MR) is 88.5 cm³/mol. The van der Waals surface area contributed by atoms with Crippen LogP contribution in [-0.4, -0.2) is 23.5 Å². The summed E-state index contributed by atoms with van der Waals surface area (Å²) < 4.78 is 4.94. The fourth-order valence-electron chi connectivity index (χ4n) is 2.10. The lowest BCUT2D eigenvalue weighted by Gasteiger charge is -2.14. The standard InChI is InChI=1S/C17H19ClN2O3/c1-3-12-4-6-13(7-5-12)11(2)20-16(21)10-23-17(22)15-8-14(18)9-19-15/h4-9,11,19H,3,10H2,1-2H3,(H,20,21). The molecular formula is C17H19ClN2O3. The number of hydrogen-bond acceptors (Lipinski definition) is 3. The Balaban J connectivity index is 1.82. The van der Waals surface area contributed by atoms with E-state index in [-0.39, 0.29) is 24.2 Å². The molecule has 0 bridgehead atoms. The molecule has 122 valence electrons. The average Bonchev–Trinajstić information content (AvgIpc) is 2.99. The largest absolute Gasteiger partial charge is 0.451 e. The number of hydrogen-bond donors (Lipinski definition) is 2. The number of esters is 1. The number of nitrogens with one attached hydrogen (secondary N) is 2. The van der Waals surface area contributed by atoms with Gasteiger partial charge < -0.3 is 15.0 Å². The quantitative estimate of drug-likeness (QED) is 0.796. The van der Waals surface area contributed by atoms with Gasteiger partial charge in [0.15, 0.2) is 6.61 Å². The molecule has 1 heterocycles. The van der Waals surface area contributed by atoms with Gasteiger partial charge in [0.1, 0.15) is 5.69 Å². The number of carbonyl (C=O) groups excluding carboxylic acids is 2. The molecule has 2 N–H and O–H groups in total. The number of aryl methyl sites for hydroxylation is 1. The highest BCUT2D eigenvalue weighted by Crippen LogP contribution is 2.14. The number of aromatic nitrogens is 1. The van der Waals surface area contributed by atoms with Gasteiger partial charge in [-0.2, -0.15) is 0 Å².